The molecular weight excluding hydrogens is 1100 g/mol. The summed E-state index contributed by atoms with van der Waals surface area (Å²) in [7, 11) is 0. The van der Waals surface area contributed by atoms with Crippen molar-refractivity contribution in [3.8, 4) is 0 Å². The van der Waals surface area contributed by atoms with Gasteiger partial charge in [-0.2, -0.15) is 0 Å². The second kappa shape index (κ2) is 23.2. The molecule has 3 aliphatic carbocycles. The maximum absolute atomic E-state index is 11.7. The third-order valence-corrected chi connectivity index (χ3v) is 13.6. The first-order valence-corrected chi connectivity index (χ1v) is 25.4. The van der Waals surface area contributed by atoms with E-state index in [2.05, 4.69) is 37.5 Å². The average Bonchev–Trinajstić information content (AvgIpc) is 2.89. The number of hydrogen-bond donors (Lipinski definition) is 0. The quantitative estimate of drug-likeness (QED) is 0.0884. The summed E-state index contributed by atoms with van der Waals surface area (Å²) in [6, 6.07) is 32.0. The van der Waals surface area contributed by atoms with Gasteiger partial charge in [0.15, 0.2) is 34.7 Å². The van der Waals surface area contributed by atoms with Crippen LogP contribution in [0, 0.1) is 0 Å². The summed E-state index contributed by atoms with van der Waals surface area (Å²) in [5.74, 6) is -7.79. The number of hydrogen-bond acceptors (Lipinski definition) is 21. The van der Waals surface area contributed by atoms with Crippen LogP contribution in [0.15, 0.2) is 121 Å². The van der Waals surface area contributed by atoms with Crippen molar-refractivity contribution in [2.45, 2.75) is 53.4 Å². The van der Waals surface area contributed by atoms with E-state index < -0.39 is 59.7 Å². The summed E-state index contributed by atoms with van der Waals surface area (Å²) in [6.45, 7) is 4.25. The number of carbonyl (C=O) groups is 16. The summed E-state index contributed by atoms with van der Waals surface area (Å²) in [6.07, 6.45) is 1.43. The Labute approximate surface area is 478 Å². The Balaban J connectivity index is 0.000000129. The van der Waals surface area contributed by atoms with Gasteiger partial charge in [0.05, 0.1) is 74.9 Å². The van der Waals surface area contributed by atoms with Crippen molar-refractivity contribution in [3.63, 3.8) is 0 Å². The van der Waals surface area contributed by atoms with Gasteiger partial charge in [-0.15, -0.1) is 0 Å². The topological polar surface area (TPSA) is 319 Å². The van der Waals surface area contributed by atoms with Crippen LogP contribution < -0.4 is 0 Å². The van der Waals surface area contributed by atoms with Crippen LogP contribution in [0.25, 0.3) is 10.8 Å². The lowest BCUT2D eigenvalue weighted by molar-refractivity contribution is 0.0425. The van der Waals surface area contributed by atoms with Gasteiger partial charge in [0.25, 0.3) is 0 Å². The van der Waals surface area contributed by atoms with Crippen LogP contribution in [0.4, 0.5) is 0 Å². The summed E-state index contributed by atoms with van der Waals surface area (Å²) in [5, 5.41) is 1.27. The first-order chi connectivity index (χ1) is 40.1. The predicted molar refractivity (Wildman–Crippen MR) is 290 cm³/mol. The highest BCUT2D eigenvalue weighted by Crippen LogP contribution is 2.33. The largest absolute Gasteiger partial charge is 0.386 e. The van der Waals surface area contributed by atoms with Gasteiger partial charge in [-0.3, -0.25) is 28.8 Å². The van der Waals surface area contributed by atoms with E-state index in [0.717, 1.165) is 11.1 Å². The number of Topliss-reactive ketones (excluding diaryl/α,β-unsaturated/α-hetero) is 6. The molecule has 422 valence electrons. The first-order valence-electron chi connectivity index (χ1n) is 25.4. The second-order valence-electron chi connectivity index (χ2n) is 19.3. The Kier molecular flexibility index (Phi) is 15.9. The van der Waals surface area contributed by atoms with Crippen LogP contribution in [-0.4, -0.2) is 94.4 Å². The summed E-state index contributed by atoms with van der Waals surface area (Å²) < 4.78 is 22.4. The molecule has 85 heavy (non-hydrogen) atoms. The number of fused-ring (bicyclic) bond motifs is 9. The summed E-state index contributed by atoms with van der Waals surface area (Å²) >= 11 is 0. The lowest BCUT2D eigenvalue weighted by atomic mass is 9.98. The van der Waals surface area contributed by atoms with Gasteiger partial charge in [-0.1, -0.05) is 76.2 Å². The van der Waals surface area contributed by atoms with Crippen LogP contribution >= 0.6 is 0 Å². The van der Waals surface area contributed by atoms with E-state index in [1.165, 1.54) is 30.7 Å². The lowest BCUT2D eigenvalue weighted by Gasteiger charge is -2.04. The van der Waals surface area contributed by atoms with E-state index in [4.69, 9.17) is 0 Å². The SMILES string of the molecule is C.CCC.O=C1CC(=O)c2cc3c(cc21)C(=O)OC3=O.O=C1CC(=O)c2cc3cc4c(cc3cc21)C(=O)OC4=O.O=C1CC(=O)c2ccccc21.O=C1OC(=O)c2cc(Cc3ccc4c(c3)C(=O)OC4=O)ccc21.O=C1OC(=O)c2ccccc21. The molecule has 5 aliphatic heterocycles. The maximum Gasteiger partial charge on any atom is 0.346 e. The molecule has 0 amide bonds. The Morgan fingerprint density at radius 2 is 0.471 bits per heavy atom. The van der Waals surface area contributed by atoms with E-state index >= 15 is 0 Å². The summed E-state index contributed by atoms with van der Waals surface area (Å²) in [5.41, 5.74) is 6.10. The van der Waals surface area contributed by atoms with Crippen LogP contribution in [-0.2, 0) is 30.1 Å². The molecule has 21 heteroatoms. The third-order valence-electron chi connectivity index (χ3n) is 13.6. The van der Waals surface area contributed by atoms with Crippen molar-refractivity contribution in [3.05, 3.63) is 221 Å². The molecule has 7 aromatic carbocycles. The van der Waals surface area contributed by atoms with Gasteiger partial charge in [0.1, 0.15) is 0 Å². The van der Waals surface area contributed by atoms with Crippen molar-refractivity contribution in [2.24, 2.45) is 0 Å². The molecule has 0 saturated carbocycles. The molecular formula is C64H40O21. The Bertz CT molecular complexity index is 3870. The molecule has 0 aromatic heterocycles. The van der Waals surface area contributed by atoms with Gasteiger partial charge >= 0.3 is 59.7 Å². The second-order valence-corrected chi connectivity index (χ2v) is 19.3. The molecule has 0 fully saturated rings. The fourth-order valence-corrected chi connectivity index (χ4v) is 9.67. The smallest absolute Gasteiger partial charge is 0.346 e. The zero-order valence-electron chi connectivity index (χ0n) is 43.7. The molecule has 0 unspecified atom stereocenters. The van der Waals surface area contributed by atoms with Gasteiger partial charge in [-0.25, -0.2) is 47.9 Å². The molecule has 0 bridgehead atoms. The van der Waals surface area contributed by atoms with E-state index in [1.807, 2.05) is 0 Å². The van der Waals surface area contributed by atoms with E-state index in [1.54, 1.807) is 97.1 Å². The zero-order valence-corrected chi connectivity index (χ0v) is 43.7. The number of esters is 10. The zero-order chi connectivity index (χ0) is 60.0. The molecule has 0 spiro atoms. The van der Waals surface area contributed by atoms with Crippen molar-refractivity contribution in [1.82, 2.24) is 0 Å². The van der Waals surface area contributed by atoms with Crippen molar-refractivity contribution < 1.29 is 100 Å². The van der Waals surface area contributed by atoms with Gasteiger partial charge in [-0.05, 0) is 101 Å². The number of ketones is 6. The molecule has 8 aliphatic rings. The molecule has 15 rings (SSSR count). The predicted octanol–water partition coefficient (Wildman–Crippen LogP) is 9.09. The molecule has 21 nitrogen and oxygen atoms in total. The summed E-state index contributed by atoms with van der Waals surface area (Å²) in [4.78, 5) is 181. The van der Waals surface area contributed by atoms with Crippen molar-refractivity contribution >= 4 is 105 Å². The monoisotopic (exact) mass is 1140 g/mol. The fraction of sp³-hybridized carbons (Fsp3) is 0.125. The highest BCUT2D eigenvalue weighted by atomic mass is 16.6. The van der Waals surface area contributed by atoms with E-state index in [0.29, 0.717) is 50.6 Å². The number of rotatable bonds is 2. The van der Waals surface area contributed by atoms with Crippen LogP contribution in [0.1, 0.15) is 224 Å². The number of carbonyl (C=O) groups excluding carboxylic acids is 16. The molecule has 0 N–H and O–H groups in total. The minimum atomic E-state index is -0.769. The minimum Gasteiger partial charge on any atom is -0.386 e. The number of ether oxygens (including phenoxy) is 5. The van der Waals surface area contributed by atoms with Crippen LogP contribution in [0.3, 0.4) is 0 Å². The van der Waals surface area contributed by atoms with Gasteiger partial charge in [0.2, 0.25) is 0 Å². The Hall–Kier alpha value is -11.5. The molecule has 5 heterocycles. The molecule has 7 aromatic rings. The van der Waals surface area contributed by atoms with Crippen molar-refractivity contribution in [2.75, 3.05) is 0 Å². The minimum absolute atomic E-state index is 0. The van der Waals surface area contributed by atoms with E-state index in [-0.39, 0.29) is 117 Å². The normalized spacial score (nSPS) is 15.4. The molecule has 0 saturated heterocycles. The molecule has 0 radical (unpaired) electrons. The highest BCUT2D eigenvalue weighted by Gasteiger charge is 2.38. The van der Waals surface area contributed by atoms with Gasteiger partial charge < -0.3 is 23.7 Å². The lowest BCUT2D eigenvalue weighted by Crippen LogP contribution is -1.98. The van der Waals surface area contributed by atoms with Crippen LogP contribution in [0.2, 0.25) is 0 Å². The fourth-order valence-electron chi connectivity index (χ4n) is 9.67. The standard InChI is InChI=1S/C17H8O6.C15H6O5.C11H4O5.C9H6O2.C8H4O3.C3H8.CH4/c18-14-10-3-1-8(6-12(10)16(20)22-14)5-9-2-4-11-13(7-9)17(21)23-15(11)19;16-12-5-13(17)9-2-7-4-11-10(14(18)20-15(11)19)3-6(7)1-8(9)12;12-8-3-9(13)5-2-7-6(1-4(5)8)10(14)16-11(7)15;10-8-5-9(11)7-4-2-1-3-6(7)8;9-7-5-3-1-2-4-6(5)8(10)11-7;1-3-2;/h1-4,6-7H,5H2;1-4H,5H2;1-2H,3H2;1-4H,5H2;1-4H;3H2,1-2H3;1H4. The highest BCUT2D eigenvalue weighted by molar-refractivity contribution is 6.28. The number of benzene rings is 7. The Morgan fingerprint density at radius 1 is 0.259 bits per heavy atom. The van der Waals surface area contributed by atoms with Crippen molar-refractivity contribution in [1.29, 1.82) is 0 Å². The van der Waals surface area contributed by atoms with Gasteiger partial charge in [0, 0.05) is 33.4 Å². The first kappa shape index (κ1) is 58.2. The Morgan fingerprint density at radius 3 is 0.776 bits per heavy atom. The molecule has 0 atom stereocenters. The third kappa shape index (κ3) is 11.1. The number of cyclic esters (lactones) is 10. The maximum atomic E-state index is 11.7. The van der Waals surface area contributed by atoms with Crippen LogP contribution in [0.5, 0.6) is 0 Å². The average molecular weight is 1150 g/mol. The van der Waals surface area contributed by atoms with E-state index in [9.17, 15) is 76.7 Å².